The van der Waals surface area contributed by atoms with Gasteiger partial charge in [0, 0.05) is 12.8 Å². The Morgan fingerprint density at radius 2 is 0.595 bits per heavy atom. The minimum atomic E-state index is -0.847. The van der Waals surface area contributed by atoms with Crippen molar-refractivity contribution < 1.29 is 24.5 Å². The van der Waals surface area contributed by atoms with Crippen LogP contribution in [0.4, 0.5) is 0 Å². The lowest BCUT2D eigenvalue weighted by Crippen LogP contribution is -2.45. The van der Waals surface area contributed by atoms with E-state index >= 15 is 0 Å². The number of ether oxygens (including phenoxy) is 1. The molecule has 79 heavy (non-hydrogen) atoms. The number of unbranched alkanes of at least 4 members (excludes halogenated alkanes) is 55. The fourth-order valence-electron chi connectivity index (χ4n) is 11.5. The standard InChI is InChI=1S/C73H141NO5/c1-3-5-7-9-11-13-15-17-19-21-22-30-34-37-41-45-49-53-57-61-65-71(76)70(69-75)74-72(77)66-62-58-54-50-46-42-38-35-31-28-26-24-23-25-27-29-32-36-40-44-48-52-56-60-64-68-79-73(78)67-63-59-55-51-47-43-39-33-20-18-16-14-12-10-8-6-4-2/h24,26,61,65,70-71,75-76H,3-23,25,27-60,62-64,66-69H2,1-2H3,(H,74,77)/b26-24-,65-61+. The number of esters is 1. The summed E-state index contributed by atoms with van der Waals surface area (Å²) < 4.78 is 5.51. The molecule has 0 aliphatic rings. The molecule has 6 nitrogen and oxygen atoms in total. The number of hydrogen-bond donors (Lipinski definition) is 3. The molecule has 1 amide bonds. The predicted octanol–water partition coefficient (Wildman–Crippen LogP) is 23.3. The molecule has 0 bridgehead atoms. The molecule has 0 saturated heterocycles. The van der Waals surface area contributed by atoms with Crippen molar-refractivity contribution in [3.8, 4) is 0 Å². The quantitative estimate of drug-likeness (QED) is 0.0320. The van der Waals surface area contributed by atoms with Crippen molar-refractivity contribution in [1.82, 2.24) is 5.32 Å². The monoisotopic (exact) mass is 1110 g/mol. The topological polar surface area (TPSA) is 95.9 Å². The third-order valence-electron chi connectivity index (χ3n) is 17.0. The first-order valence-corrected chi connectivity index (χ1v) is 36.1. The van der Waals surface area contributed by atoms with Gasteiger partial charge < -0.3 is 20.3 Å². The molecular weight excluding hydrogens is 971 g/mol. The van der Waals surface area contributed by atoms with E-state index in [1.165, 1.54) is 340 Å². The fraction of sp³-hybridized carbons (Fsp3) is 0.918. The average Bonchev–Trinajstić information content (AvgIpc) is 3.45. The van der Waals surface area contributed by atoms with Gasteiger partial charge in [0.15, 0.2) is 0 Å². The number of aliphatic hydroxyl groups excluding tert-OH is 2. The van der Waals surface area contributed by atoms with Gasteiger partial charge in [-0.15, -0.1) is 0 Å². The molecule has 0 saturated carbocycles. The number of aliphatic hydroxyl groups is 2. The Balaban J connectivity index is 3.40. The first-order chi connectivity index (χ1) is 39.0. The normalized spacial score (nSPS) is 12.6. The van der Waals surface area contributed by atoms with Gasteiger partial charge in [-0.1, -0.05) is 359 Å². The molecule has 0 aliphatic heterocycles. The number of amides is 1. The van der Waals surface area contributed by atoms with Gasteiger partial charge >= 0.3 is 5.97 Å². The molecule has 2 atom stereocenters. The molecule has 0 heterocycles. The van der Waals surface area contributed by atoms with E-state index in [9.17, 15) is 19.8 Å². The largest absolute Gasteiger partial charge is 0.466 e. The maximum absolute atomic E-state index is 12.5. The molecule has 468 valence electrons. The highest BCUT2D eigenvalue weighted by Crippen LogP contribution is 2.19. The van der Waals surface area contributed by atoms with Crippen LogP contribution >= 0.6 is 0 Å². The first kappa shape index (κ1) is 77.3. The van der Waals surface area contributed by atoms with Crippen LogP contribution in [0, 0.1) is 0 Å². The zero-order valence-corrected chi connectivity index (χ0v) is 53.6. The van der Waals surface area contributed by atoms with Crippen LogP contribution in [0.2, 0.25) is 0 Å². The lowest BCUT2D eigenvalue weighted by molar-refractivity contribution is -0.143. The van der Waals surface area contributed by atoms with Crippen molar-refractivity contribution in [3.63, 3.8) is 0 Å². The van der Waals surface area contributed by atoms with E-state index in [0.29, 0.717) is 19.4 Å². The van der Waals surface area contributed by atoms with Crippen molar-refractivity contribution in [2.75, 3.05) is 13.2 Å². The van der Waals surface area contributed by atoms with Crippen molar-refractivity contribution >= 4 is 11.9 Å². The van der Waals surface area contributed by atoms with E-state index in [1.54, 1.807) is 6.08 Å². The van der Waals surface area contributed by atoms with E-state index in [0.717, 1.165) is 38.5 Å². The van der Waals surface area contributed by atoms with Gasteiger partial charge in [-0.3, -0.25) is 9.59 Å². The fourth-order valence-corrected chi connectivity index (χ4v) is 11.5. The zero-order chi connectivity index (χ0) is 57.1. The SMILES string of the molecule is CCCCCCCCCCCCCCCCCCCC/C=C/C(O)C(CO)NC(=O)CCCCCCCCCCC/C=C\CCCCCCCCCCCCCCOC(=O)CCCCCCCCCCCCCCCCCCC. The third kappa shape index (κ3) is 65.4. The summed E-state index contributed by atoms with van der Waals surface area (Å²) in [7, 11) is 0. The highest BCUT2D eigenvalue weighted by atomic mass is 16.5. The van der Waals surface area contributed by atoms with E-state index in [1.807, 2.05) is 6.08 Å². The number of allylic oxidation sites excluding steroid dienone is 3. The second-order valence-electron chi connectivity index (χ2n) is 24.9. The average molecular weight is 1110 g/mol. The Hall–Kier alpha value is -1.66. The lowest BCUT2D eigenvalue weighted by Gasteiger charge is -2.20. The van der Waals surface area contributed by atoms with Crippen LogP contribution in [0.25, 0.3) is 0 Å². The number of hydrogen-bond acceptors (Lipinski definition) is 5. The summed E-state index contributed by atoms with van der Waals surface area (Å²) in [6, 6.07) is -0.631. The summed E-state index contributed by atoms with van der Waals surface area (Å²) in [5.74, 6) is -0.0493. The van der Waals surface area contributed by atoms with E-state index in [2.05, 4.69) is 31.3 Å². The molecule has 3 N–H and O–H groups in total. The summed E-state index contributed by atoms with van der Waals surface area (Å²) in [5, 5.41) is 23.2. The predicted molar refractivity (Wildman–Crippen MR) is 347 cm³/mol. The van der Waals surface area contributed by atoms with Crippen molar-refractivity contribution in [3.05, 3.63) is 24.3 Å². The van der Waals surface area contributed by atoms with Crippen molar-refractivity contribution in [2.45, 2.75) is 418 Å². The van der Waals surface area contributed by atoms with Gasteiger partial charge in [0.1, 0.15) is 0 Å². The molecule has 0 radical (unpaired) electrons. The van der Waals surface area contributed by atoms with Gasteiger partial charge in [0.25, 0.3) is 0 Å². The number of carbonyl (C=O) groups is 2. The van der Waals surface area contributed by atoms with Crippen LogP contribution in [0.5, 0.6) is 0 Å². The molecule has 6 heteroatoms. The minimum Gasteiger partial charge on any atom is -0.466 e. The van der Waals surface area contributed by atoms with Gasteiger partial charge in [-0.05, 0) is 57.8 Å². The molecule has 2 unspecified atom stereocenters. The van der Waals surface area contributed by atoms with Crippen molar-refractivity contribution in [1.29, 1.82) is 0 Å². The number of rotatable bonds is 68. The van der Waals surface area contributed by atoms with E-state index < -0.39 is 12.1 Å². The van der Waals surface area contributed by atoms with E-state index in [4.69, 9.17) is 4.74 Å². The second kappa shape index (κ2) is 68.8. The lowest BCUT2D eigenvalue weighted by atomic mass is 10.0. The molecule has 0 aromatic rings. The Morgan fingerprint density at radius 1 is 0.342 bits per heavy atom. The first-order valence-electron chi connectivity index (χ1n) is 36.1. The molecule has 0 aromatic carbocycles. The summed E-state index contributed by atoms with van der Waals surface area (Å²) in [6.45, 7) is 4.95. The van der Waals surface area contributed by atoms with E-state index in [-0.39, 0.29) is 18.5 Å². The molecular formula is C73H141NO5. The van der Waals surface area contributed by atoms with Crippen LogP contribution in [0.15, 0.2) is 24.3 Å². The van der Waals surface area contributed by atoms with Crippen LogP contribution in [0.3, 0.4) is 0 Å². The summed E-state index contributed by atoms with van der Waals surface area (Å²) in [6.07, 6.45) is 86.9. The number of nitrogens with one attached hydrogen (secondary N) is 1. The summed E-state index contributed by atoms with van der Waals surface area (Å²) >= 11 is 0. The van der Waals surface area contributed by atoms with Crippen LogP contribution in [-0.4, -0.2) is 47.4 Å². The van der Waals surface area contributed by atoms with Gasteiger partial charge in [-0.25, -0.2) is 0 Å². The minimum absolute atomic E-state index is 0.0178. The number of carbonyl (C=O) groups excluding carboxylic acids is 2. The molecule has 0 aliphatic carbocycles. The van der Waals surface area contributed by atoms with Gasteiger partial charge in [0.05, 0.1) is 25.4 Å². The van der Waals surface area contributed by atoms with Crippen LogP contribution in [0.1, 0.15) is 406 Å². The van der Waals surface area contributed by atoms with Gasteiger partial charge in [0.2, 0.25) is 5.91 Å². The van der Waals surface area contributed by atoms with Crippen LogP contribution < -0.4 is 5.32 Å². The van der Waals surface area contributed by atoms with Crippen molar-refractivity contribution in [2.24, 2.45) is 0 Å². The summed E-state index contributed by atoms with van der Waals surface area (Å²) in [4.78, 5) is 24.6. The zero-order valence-electron chi connectivity index (χ0n) is 53.6. The van der Waals surface area contributed by atoms with Crippen LogP contribution in [-0.2, 0) is 14.3 Å². The maximum Gasteiger partial charge on any atom is 0.305 e. The Bertz CT molecular complexity index is 1230. The molecule has 0 spiro atoms. The third-order valence-corrected chi connectivity index (χ3v) is 17.0. The maximum atomic E-state index is 12.5. The summed E-state index contributed by atoms with van der Waals surface area (Å²) in [5.41, 5.74) is 0. The smallest absolute Gasteiger partial charge is 0.305 e. The molecule has 0 rings (SSSR count). The Labute approximate surface area is 494 Å². The highest BCUT2D eigenvalue weighted by molar-refractivity contribution is 5.76. The molecule has 0 aromatic heterocycles. The Morgan fingerprint density at radius 3 is 0.899 bits per heavy atom. The Kier molecular flexibility index (Phi) is 67.4. The second-order valence-corrected chi connectivity index (χ2v) is 24.9. The molecule has 0 fully saturated rings. The van der Waals surface area contributed by atoms with Gasteiger partial charge in [-0.2, -0.15) is 0 Å². The highest BCUT2D eigenvalue weighted by Gasteiger charge is 2.18.